The lowest BCUT2D eigenvalue weighted by atomic mass is 10.2. The summed E-state index contributed by atoms with van der Waals surface area (Å²) in [4.78, 5) is 10.4. The average Bonchev–Trinajstić information content (AvgIpc) is 2.05. The number of nitrogens with two attached hydrogens (primary N) is 1. The molecule has 0 unspecified atom stereocenters. The first-order chi connectivity index (χ1) is 6.04. The molecule has 0 heterocycles. The van der Waals surface area contributed by atoms with E-state index in [2.05, 4.69) is 0 Å². The van der Waals surface area contributed by atoms with Crippen molar-refractivity contribution in [2.45, 2.75) is 0 Å². The summed E-state index contributed by atoms with van der Waals surface area (Å²) in [6.45, 7) is 0. The van der Waals surface area contributed by atoms with Crippen LogP contribution in [0.1, 0.15) is 10.4 Å². The smallest absolute Gasteiger partial charge is 0.402 e. The Hall–Kier alpha value is -1.37. The second-order valence-corrected chi connectivity index (χ2v) is 2.08. The number of benzene rings is 1. The van der Waals surface area contributed by atoms with Gasteiger partial charge in [0.1, 0.15) is 0 Å². The molecule has 1 rings (SSSR count). The van der Waals surface area contributed by atoms with E-state index in [4.69, 9.17) is 20.8 Å². The van der Waals surface area contributed by atoms with Gasteiger partial charge in [0.05, 0.1) is 0 Å². The van der Waals surface area contributed by atoms with E-state index in [1.807, 2.05) is 6.07 Å². The van der Waals surface area contributed by atoms with Crippen LogP contribution in [0.3, 0.4) is 0 Å². The predicted octanol–water partition coefficient (Wildman–Crippen LogP) is -1.27. The largest absolute Gasteiger partial charge is 0.631 e. The summed E-state index contributed by atoms with van der Waals surface area (Å²) in [5.74, 6) is -0.379. The highest BCUT2D eigenvalue weighted by molar-refractivity contribution is 6.30. The molecule has 13 heavy (non-hydrogen) atoms. The monoisotopic (exact) mass is 183 g/mol. The first-order valence-electron chi connectivity index (χ1n) is 3.43. The summed E-state index contributed by atoms with van der Waals surface area (Å²) in [6.07, 6.45) is 0. The molecule has 0 aliphatic heterocycles. The van der Waals surface area contributed by atoms with Crippen LogP contribution >= 0.6 is 0 Å². The van der Waals surface area contributed by atoms with Crippen LogP contribution in [0.15, 0.2) is 30.3 Å². The molecule has 0 radical (unpaired) electrons. The second-order valence-electron chi connectivity index (χ2n) is 2.08. The van der Waals surface area contributed by atoms with E-state index < -0.39 is 7.32 Å². The normalized spacial score (nSPS) is 8.23. The number of amides is 1. The van der Waals surface area contributed by atoms with Gasteiger partial charge in [-0.05, 0) is 12.1 Å². The van der Waals surface area contributed by atoms with Gasteiger partial charge in [-0.15, -0.1) is 0 Å². The van der Waals surface area contributed by atoms with Gasteiger partial charge in [0, 0.05) is 5.56 Å². The van der Waals surface area contributed by atoms with E-state index in [-0.39, 0.29) is 5.91 Å². The third-order valence-corrected chi connectivity index (χ3v) is 1.06. The number of hydrogen-bond donors (Lipinski definition) is 4. The Morgan fingerprint density at radius 1 is 1.15 bits per heavy atom. The van der Waals surface area contributed by atoms with Crippen LogP contribution in [0.5, 0.6) is 0 Å². The molecule has 1 aromatic carbocycles. The SMILES string of the molecule is NC(=O)c1ccccc1.OB(O)O. The molecule has 6 heteroatoms. The van der Waals surface area contributed by atoms with Crippen LogP contribution < -0.4 is 5.73 Å². The molecule has 5 N–H and O–H groups in total. The van der Waals surface area contributed by atoms with Gasteiger partial charge in [0.15, 0.2) is 0 Å². The van der Waals surface area contributed by atoms with Gasteiger partial charge in [-0.25, -0.2) is 0 Å². The summed E-state index contributed by atoms with van der Waals surface area (Å²) < 4.78 is 0. The fourth-order valence-electron chi connectivity index (χ4n) is 0.602. The second kappa shape index (κ2) is 6.18. The molecule has 0 spiro atoms. The molecule has 0 aliphatic rings. The molecule has 0 fully saturated rings. The molecule has 1 aromatic rings. The van der Waals surface area contributed by atoms with Crippen molar-refractivity contribution in [1.82, 2.24) is 0 Å². The molecule has 5 nitrogen and oxygen atoms in total. The van der Waals surface area contributed by atoms with Gasteiger partial charge in [-0.1, -0.05) is 18.2 Å². The minimum atomic E-state index is -2.17. The highest BCUT2D eigenvalue weighted by atomic mass is 16.5. The Morgan fingerprint density at radius 3 is 1.77 bits per heavy atom. The van der Waals surface area contributed by atoms with Crippen LogP contribution in [-0.4, -0.2) is 28.3 Å². The predicted molar refractivity (Wildman–Crippen MR) is 47.4 cm³/mol. The third kappa shape index (κ3) is 7.01. The Bertz CT molecular complexity index is 249. The van der Waals surface area contributed by atoms with Gasteiger partial charge >= 0.3 is 7.32 Å². The van der Waals surface area contributed by atoms with Crippen molar-refractivity contribution in [2.75, 3.05) is 0 Å². The van der Waals surface area contributed by atoms with Crippen LogP contribution in [0.25, 0.3) is 0 Å². The van der Waals surface area contributed by atoms with Crippen molar-refractivity contribution in [2.24, 2.45) is 5.73 Å². The Morgan fingerprint density at radius 2 is 1.54 bits per heavy atom. The lowest BCUT2D eigenvalue weighted by Gasteiger charge is -1.89. The zero-order chi connectivity index (χ0) is 10.3. The van der Waals surface area contributed by atoms with E-state index in [0.29, 0.717) is 5.56 Å². The van der Waals surface area contributed by atoms with E-state index >= 15 is 0 Å². The lowest BCUT2D eigenvalue weighted by molar-refractivity contribution is 0.1000. The topological polar surface area (TPSA) is 104 Å². The molecule has 0 aliphatic carbocycles. The number of hydrogen-bond acceptors (Lipinski definition) is 4. The maximum atomic E-state index is 10.4. The molecule has 1 amide bonds. The van der Waals surface area contributed by atoms with Crippen molar-refractivity contribution in [1.29, 1.82) is 0 Å². The van der Waals surface area contributed by atoms with Gasteiger partial charge in [0.2, 0.25) is 5.91 Å². The minimum Gasteiger partial charge on any atom is -0.402 e. The highest BCUT2D eigenvalue weighted by Crippen LogP contribution is 1.94. The lowest BCUT2D eigenvalue weighted by Crippen LogP contribution is -2.09. The fraction of sp³-hybridized carbons (Fsp3) is 0. The van der Waals surface area contributed by atoms with Crippen molar-refractivity contribution < 1.29 is 19.9 Å². The Kier molecular flexibility index (Phi) is 5.53. The van der Waals surface area contributed by atoms with Gasteiger partial charge in [-0.2, -0.15) is 0 Å². The van der Waals surface area contributed by atoms with Crippen molar-refractivity contribution in [3.8, 4) is 0 Å². The number of primary amides is 1. The van der Waals surface area contributed by atoms with E-state index in [1.54, 1.807) is 24.3 Å². The summed E-state index contributed by atoms with van der Waals surface area (Å²) in [7, 11) is -2.17. The van der Waals surface area contributed by atoms with Crippen molar-refractivity contribution >= 4 is 13.2 Å². The quantitative estimate of drug-likeness (QED) is 0.407. The molecule has 0 saturated carbocycles. The van der Waals surface area contributed by atoms with Gasteiger partial charge in [-0.3, -0.25) is 4.79 Å². The molecule has 70 valence electrons. The highest BCUT2D eigenvalue weighted by Gasteiger charge is 1.93. The summed E-state index contributed by atoms with van der Waals surface area (Å²) in [5, 5.41) is 21.5. The van der Waals surface area contributed by atoms with Crippen LogP contribution in [0.2, 0.25) is 0 Å². The third-order valence-electron chi connectivity index (χ3n) is 1.06. The molecular formula is C7H10BNO4. The summed E-state index contributed by atoms with van der Waals surface area (Å²) in [6, 6.07) is 8.76. The molecule has 0 saturated heterocycles. The molecule has 0 aromatic heterocycles. The zero-order valence-electron chi connectivity index (χ0n) is 6.79. The number of rotatable bonds is 1. The maximum absolute atomic E-state index is 10.4. The zero-order valence-corrected chi connectivity index (χ0v) is 6.79. The first-order valence-corrected chi connectivity index (χ1v) is 3.43. The maximum Gasteiger partial charge on any atom is 0.631 e. The number of carbonyl (C=O) groups excluding carboxylic acids is 1. The van der Waals surface area contributed by atoms with Crippen molar-refractivity contribution in [3.05, 3.63) is 35.9 Å². The van der Waals surface area contributed by atoms with E-state index in [0.717, 1.165) is 0 Å². The average molecular weight is 183 g/mol. The van der Waals surface area contributed by atoms with Crippen LogP contribution in [-0.2, 0) is 0 Å². The van der Waals surface area contributed by atoms with Gasteiger partial charge in [0.25, 0.3) is 0 Å². The van der Waals surface area contributed by atoms with Crippen molar-refractivity contribution in [3.63, 3.8) is 0 Å². The number of carbonyl (C=O) groups is 1. The summed E-state index contributed by atoms with van der Waals surface area (Å²) >= 11 is 0. The molecular weight excluding hydrogens is 173 g/mol. The van der Waals surface area contributed by atoms with Crippen LogP contribution in [0.4, 0.5) is 0 Å². The minimum absolute atomic E-state index is 0.379. The Balaban J connectivity index is 0.000000310. The Labute approximate surface area is 75.6 Å². The standard InChI is InChI=1S/C7H7NO.BH3O3/c8-7(9)6-4-2-1-3-5-6;2-1(3)4/h1-5H,(H2,8,9);2-4H. The summed E-state index contributed by atoms with van der Waals surface area (Å²) in [5.41, 5.74) is 5.53. The first kappa shape index (κ1) is 11.6. The van der Waals surface area contributed by atoms with E-state index in [9.17, 15) is 4.79 Å². The fourth-order valence-corrected chi connectivity index (χ4v) is 0.602. The van der Waals surface area contributed by atoms with Gasteiger partial charge < -0.3 is 20.8 Å². The molecule has 0 bridgehead atoms. The van der Waals surface area contributed by atoms with E-state index in [1.165, 1.54) is 0 Å². The van der Waals surface area contributed by atoms with Crippen LogP contribution in [0, 0.1) is 0 Å². The molecule has 0 atom stereocenters.